The van der Waals surface area contributed by atoms with Crippen molar-refractivity contribution in [3.05, 3.63) is 35.4 Å². The van der Waals surface area contributed by atoms with Gasteiger partial charge in [0.15, 0.2) is 0 Å². The number of amides is 1. The summed E-state index contributed by atoms with van der Waals surface area (Å²) < 4.78 is 0. The van der Waals surface area contributed by atoms with Crippen LogP contribution in [-0.2, 0) is 6.42 Å². The van der Waals surface area contributed by atoms with Crippen molar-refractivity contribution in [2.45, 2.75) is 38.4 Å². The molecule has 1 amide bonds. The van der Waals surface area contributed by atoms with Gasteiger partial charge in [-0.25, -0.2) is 0 Å². The quantitative estimate of drug-likeness (QED) is 0.858. The van der Waals surface area contributed by atoms with Crippen molar-refractivity contribution >= 4 is 5.91 Å². The third kappa shape index (κ3) is 3.33. The highest BCUT2D eigenvalue weighted by Gasteiger charge is 2.32. The van der Waals surface area contributed by atoms with Crippen LogP contribution in [0.25, 0.3) is 0 Å². The molecule has 2 N–H and O–H groups in total. The van der Waals surface area contributed by atoms with Crippen LogP contribution in [0.5, 0.6) is 0 Å². The highest BCUT2D eigenvalue weighted by atomic mass is 16.3. The molecular weight excluding hydrogens is 242 g/mol. The molecule has 104 valence electrons. The molecule has 1 saturated heterocycles. The summed E-state index contributed by atoms with van der Waals surface area (Å²) in [5.74, 6) is -0.127. The molecule has 0 aliphatic carbocycles. The maximum atomic E-state index is 12.2. The first kappa shape index (κ1) is 14.0. The van der Waals surface area contributed by atoms with Gasteiger partial charge in [0.25, 0.3) is 5.91 Å². The second kappa shape index (κ2) is 6.17. The Morgan fingerprint density at radius 3 is 2.32 bits per heavy atom. The molecule has 1 aliphatic heterocycles. The molecule has 1 heterocycles. The summed E-state index contributed by atoms with van der Waals surface area (Å²) in [4.78, 5) is 13.7. The van der Waals surface area contributed by atoms with Gasteiger partial charge in [0.1, 0.15) is 0 Å². The number of likely N-dealkylation sites (tertiary alicyclic amines) is 1. The van der Waals surface area contributed by atoms with Crippen molar-refractivity contribution in [1.29, 1.82) is 0 Å². The van der Waals surface area contributed by atoms with Crippen LogP contribution in [0.4, 0.5) is 0 Å². The van der Waals surface area contributed by atoms with Crippen LogP contribution in [-0.4, -0.2) is 46.3 Å². The Morgan fingerprint density at radius 1 is 1.21 bits per heavy atom. The van der Waals surface area contributed by atoms with Gasteiger partial charge in [-0.05, 0) is 30.5 Å². The lowest BCUT2D eigenvalue weighted by molar-refractivity contribution is 0.0572. The zero-order valence-electron chi connectivity index (χ0n) is 11.2. The lowest BCUT2D eigenvalue weighted by Gasteiger charge is -2.15. The van der Waals surface area contributed by atoms with Crippen molar-refractivity contribution in [3.63, 3.8) is 0 Å². The summed E-state index contributed by atoms with van der Waals surface area (Å²) in [6.45, 7) is 2.57. The van der Waals surface area contributed by atoms with E-state index in [0.717, 1.165) is 19.3 Å². The molecule has 0 aromatic heterocycles. The zero-order chi connectivity index (χ0) is 13.8. The molecule has 2 unspecified atom stereocenters. The van der Waals surface area contributed by atoms with E-state index in [0.29, 0.717) is 5.56 Å². The average molecular weight is 263 g/mol. The first-order valence-corrected chi connectivity index (χ1v) is 6.86. The van der Waals surface area contributed by atoms with Crippen LogP contribution in [0.15, 0.2) is 24.3 Å². The van der Waals surface area contributed by atoms with Gasteiger partial charge in [0.2, 0.25) is 0 Å². The van der Waals surface area contributed by atoms with E-state index in [1.165, 1.54) is 10.5 Å². The summed E-state index contributed by atoms with van der Waals surface area (Å²) in [6.07, 6.45) is 1.69. The Labute approximate surface area is 113 Å². The van der Waals surface area contributed by atoms with Crippen molar-refractivity contribution in [2.75, 3.05) is 13.1 Å². The smallest absolute Gasteiger partial charge is 0.254 e. The molecule has 2 atom stereocenters. The van der Waals surface area contributed by atoms with Gasteiger partial charge in [0.05, 0.1) is 12.2 Å². The number of β-amino-alcohol motifs (C(OH)–C–C–N with tert-alkyl or cyclic N) is 2. The van der Waals surface area contributed by atoms with E-state index in [4.69, 9.17) is 0 Å². The minimum Gasteiger partial charge on any atom is -0.388 e. The third-order valence-corrected chi connectivity index (χ3v) is 3.57. The molecule has 4 nitrogen and oxygen atoms in total. The second-order valence-electron chi connectivity index (χ2n) is 5.15. The number of benzene rings is 1. The van der Waals surface area contributed by atoms with Crippen LogP contribution in [0.2, 0.25) is 0 Å². The van der Waals surface area contributed by atoms with Crippen LogP contribution in [0.3, 0.4) is 0 Å². The Morgan fingerprint density at radius 2 is 1.79 bits per heavy atom. The predicted octanol–water partition coefficient (Wildman–Crippen LogP) is 1.21. The van der Waals surface area contributed by atoms with E-state index in [2.05, 4.69) is 6.92 Å². The molecule has 0 saturated carbocycles. The largest absolute Gasteiger partial charge is 0.388 e. The second-order valence-corrected chi connectivity index (χ2v) is 5.15. The number of nitrogens with zero attached hydrogens (tertiary/aromatic N) is 1. The third-order valence-electron chi connectivity index (χ3n) is 3.57. The molecule has 1 aliphatic rings. The Bertz CT molecular complexity index is 420. The standard InChI is InChI=1S/C15H21NO3/c1-2-3-4-11-5-7-12(8-6-11)15(19)16-9-13(17)14(18)10-16/h5-8,13-14,17-18H,2-4,9-10H2,1H3. The van der Waals surface area contributed by atoms with E-state index in [9.17, 15) is 15.0 Å². The normalized spacial score (nSPS) is 22.8. The van der Waals surface area contributed by atoms with E-state index >= 15 is 0 Å². The molecule has 1 aromatic rings. The zero-order valence-corrected chi connectivity index (χ0v) is 11.2. The van der Waals surface area contributed by atoms with Gasteiger partial charge >= 0.3 is 0 Å². The van der Waals surface area contributed by atoms with Gasteiger partial charge in [-0.2, -0.15) is 0 Å². The number of hydrogen-bond acceptors (Lipinski definition) is 3. The lowest BCUT2D eigenvalue weighted by Crippen LogP contribution is -2.29. The fourth-order valence-corrected chi connectivity index (χ4v) is 2.31. The maximum absolute atomic E-state index is 12.2. The van der Waals surface area contributed by atoms with Crippen LogP contribution < -0.4 is 0 Å². The number of aryl methyl sites for hydroxylation is 1. The molecule has 1 fully saturated rings. The fraction of sp³-hybridized carbons (Fsp3) is 0.533. The average Bonchev–Trinajstić information content (AvgIpc) is 2.76. The van der Waals surface area contributed by atoms with Gasteiger partial charge < -0.3 is 15.1 Å². The van der Waals surface area contributed by atoms with Gasteiger partial charge in [-0.3, -0.25) is 4.79 Å². The first-order valence-electron chi connectivity index (χ1n) is 6.86. The molecule has 2 rings (SSSR count). The summed E-state index contributed by atoms with van der Waals surface area (Å²) in [5, 5.41) is 18.9. The van der Waals surface area contributed by atoms with E-state index in [-0.39, 0.29) is 19.0 Å². The van der Waals surface area contributed by atoms with Crippen molar-refractivity contribution in [3.8, 4) is 0 Å². The number of aliphatic hydroxyl groups is 2. The topological polar surface area (TPSA) is 60.8 Å². The van der Waals surface area contributed by atoms with Crippen molar-refractivity contribution in [2.24, 2.45) is 0 Å². The SMILES string of the molecule is CCCCc1ccc(C(=O)N2CC(O)C(O)C2)cc1. The van der Waals surface area contributed by atoms with Gasteiger partial charge in [0, 0.05) is 18.7 Å². The van der Waals surface area contributed by atoms with Crippen LogP contribution >= 0.6 is 0 Å². The number of hydrogen-bond donors (Lipinski definition) is 2. The van der Waals surface area contributed by atoms with E-state index < -0.39 is 12.2 Å². The van der Waals surface area contributed by atoms with Gasteiger partial charge in [-0.1, -0.05) is 25.5 Å². The molecule has 19 heavy (non-hydrogen) atoms. The summed E-state index contributed by atoms with van der Waals surface area (Å²) in [7, 11) is 0. The number of unbranched alkanes of at least 4 members (excludes halogenated alkanes) is 1. The molecule has 0 radical (unpaired) electrons. The van der Waals surface area contributed by atoms with Crippen molar-refractivity contribution in [1.82, 2.24) is 4.90 Å². The highest BCUT2D eigenvalue weighted by Crippen LogP contribution is 2.15. The van der Waals surface area contributed by atoms with Crippen LogP contribution in [0, 0.1) is 0 Å². The van der Waals surface area contributed by atoms with Gasteiger partial charge in [-0.15, -0.1) is 0 Å². The molecule has 0 bridgehead atoms. The molecule has 4 heteroatoms. The highest BCUT2D eigenvalue weighted by molar-refractivity contribution is 5.94. The predicted molar refractivity (Wildman–Crippen MR) is 73.0 cm³/mol. The Hall–Kier alpha value is -1.39. The lowest BCUT2D eigenvalue weighted by atomic mass is 10.1. The first-order chi connectivity index (χ1) is 9.11. The summed E-state index contributed by atoms with van der Waals surface area (Å²) in [6, 6.07) is 7.60. The number of carbonyl (C=O) groups is 1. The number of aliphatic hydroxyl groups excluding tert-OH is 2. The Balaban J connectivity index is 2.00. The molecule has 0 spiro atoms. The Kier molecular flexibility index (Phi) is 4.56. The molecule has 1 aromatic carbocycles. The van der Waals surface area contributed by atoms with Crippen LogP contribution in [0.1, 0.15) is 35.7 Å². The fourth-order valence-electron chi connectivity index (χ4n) is 2.31. The molecular formula is C15H21NO3. The maximum Gasteiger partial charge on any atom is 0.254 e. The monoisotopic (exact) mass is 263 g/mol. The minimum atomic E-state index is -0.826. The number of carbonyl (C=O) groups excluding carboxylic acids is 1. The van der Waals surface area contributed by atoms with E-state index in [1.54, 1.807) is 0 Å². The van der Waals surface area contributed by atoms with Crippen molar-refractivity contribution < 1.29 is 15.0 Å². The van der Waals surface area contributed by atoms with E-state index in [1.807, 2.05) is 24.3 Å². The summed E-state index contributed by atoms with van der Waals surface area (Å²) >= 11 is 0. The summed E-state index contributed by atoms with van der Waals surface area (Å²) in [5.41, 5.74) is 1.85. The number of rotatable bonds is 4. The minimum absolute atomic E-state index is 0.127.